The molecule has 9 heteroatoms. The molecule has 0 bridgehead atoms. The van der Waals surface area contributed by atoms with Gasteiger partial charge in [0.1, 0.15) is 5.76 Å². The Hall–Kier alpha value is -3.23. The Morgan fingerprint density at radius 2 is 1.90 bits per heavy atom. The molecule has 0 fully saturated rings. The first-order valence-corrected chi connectivity index (χ1v) is 9.79. The van der Waals surface area contributed by atoms with Crippen LogP contribution in [0.4, 0.5) is 23.7 Å². The number of carbonyl (C=O) groups is 1. The van der Waals surface area contributed by atoms with Gasteiger partial charge < -0.3 is 19.4 Å². The number of anilines is 1. The second-order valence-corrected chi connectivity index (χ2v) is 7.37. The lowest BCUT2D eigenvalue weighted by atomic mass is 9.83. The van der Waals surface area contributed by atoms with Crippen molar-refractivity contribution in [3.63, 3.8) is 0 Å². The summed E-state index contributed by atoms with van der Waals surface area (Å²) in [6.07, 6.45) is -4.15. The van der Waals surface area contributed by atoms with Gasteiger partial charge in [0, 0.05) is 17.9 Å². The molecule has 0 spiro atoms. The molecule has 31 heavy (non-hydrogen) atoms. The molecule has 0 saturated carbocycles. The molecule has 0 aliphatic carbocycles. The largest absolute Gasteiger partial charge is 0.513 e. The molecule has 1 aliphatic heterocycles. The highest BCUT2D eigenvalue weighted by molar-refractivity contribution is 5.68. The van der Waals surface area contributed by atoms with Crippen LogP contribution in [0.3, 0.4) is 0 Å². The van der Waals surface area contributed by atoms with Crippen molar-refractivity contribution in [2.45, 2.75) is 45.8 Å². The Labute approximate surface area is 177 Å². The maximum atomic E-state index is 13.8. The van der Waals surface area contributed by atoms with Gasteiger partial charge in [-0.25, -0.2) is 4.79 Å². The van der Waals surface area contributed by atoms with E-state index in [0.717, 1.165) is 6.07 Å². The molecule has 0 radical (unpaired) electrons. The topological polar surface area (TPSA) is 69.6 Å². The van der Waals surface area contributed by atoms with Crippen LogP contribution in [0.2, 0.25) is 0 Å². The van der Waals surface area contributed by atoms with Gasteiger partial charge in [0.05, 0.1) is 29.3 Å². The van der Waals surface area contributed by atoms with Gasteiger partial charge in [0.25, 0.3) is 5.56 Å². The molecule has 1 atom stereocenters. The van der Waals surface area contributed by atoms with Crippen molar-refractivity contribution in [2.24, 2.45) is 0 Å². The van der Waals surface area contributed by atoms with Crippen LogP contribution in [0, 0.1) is 0 Å². The number of hydrogen-bond donors (Lipinski definition) is 1. The molecule has 2 aromatic rings. The predicted octanol–water partition coefficient (Wildman–Crippen LogP) is 5.41. The number of fused-ring (bicyclic) bond motifs is 1. The van der Waals surface area contributed by atoms with Crippen molar-refractivity contribution in [2.75, 3.05) is 11.9 Å². The predicted molar refractivity (Wildman–Crippen MR) is 109 cm³/mol. The van der Waals surface area contributed by atoms with Gasteiger partial charge in [-0.15, -0.1) is 0 Å². The van der Waals surface area contributed by atoms with Gasteiger partial charge in [-0.1, -0.05) is 18.2 Å². The van der Waals surface area contributed by atoms with Crippen LogP contribution in [0.15, 0.2) is 52.8 Å². The molecule has 1 aromatic carbocycles. The lowest BCUT2D eigenvalue weighted by molar-refractivity contribution is -0.138. The van der Waals surface area contributed by atoms with Crippen molar-refractivity contribution < 1.29 is 27.4 Å². The molecule has 0 saturated heterocycles. The van der Waals surface area contributed by atoms with E-state index < -0.39 is 29.4 Å². The van der Waals surface area contributed by atoms with E-state index in [-0.39, 0.29) is 29.5 Å². The van der Waals surface area contributed by atoms with Crippen molar-refractivity contribution in [1.82, 2.24) is 4.57 Å². The minimum Gasteiger partial charge on any atom is -0.434 e. The summed E-state index contributed by atoms with van der Waals surface area (Å²) < 4.78 is 53.1. The number of alkyl halides is 3. The first-order valence-electron chi connectivity index (χ1n) is 9.79. The highest BCUT2D eigenvalue weighted by atomic mass is 19.4. The molecule has 166 valence electrons. The summed E-state index contributed by atoms with van der Waals surface area (Å²) in [6.45, 7) is 6.75. The van der Waals surface area contributed by atoms with Crippen molar-refractivity contribution >= 4 is 11.8 Å². The fraction of sp³-hybridized carbons (Fsp3) is 0.364. The molecule has 1 aliphatic rings. The molecule has 1 aromatic heterocycles. The lowest BCUT2D eigenvalue weighted by Gasteiger charge is -2.31. The Kier molecular flexibility index (Phi) is 6.15. The van der Waals surface area contributed by atoms with Gasteiger partial charge in [0.2, 0.25) is 0 Å². The molecule has 1 unspecified atom stereocenters. The fourth-order valence-corrected chi connectivity index (χ4v) is 3.65. The van der Waals surface area contributed by atoms with E-state index in [1.54, 1.807) is 40.0 Å². The van der Waals surface area contributed by atoms with Gasteiger partial charge in [-0.3, -0.25) is 4.79 Å². The number of rotatable bonds is 4. The number of pyridine rings is 1. The summed E-state index contributed by atoms with van der Waals surface area (Å²) in [5.41, 5.74) is -0.834. The quantitative estimate of drug-likeness (QED) is 0.649. The first-order chi connectivity index (χ1) is 14.6. The molecular weight excluding hydrogens is 413 g/mol. The second kappa shape index (κ2) is 8.49. The number of carbonyl (C=O) groups excluding carboxylic acids is 1. The average molecular weight is 436 g/mol. The molecule has 1 N–H and O–H groups in total. The van der Waals surface area contributed by atoms with Gasteiger partial charge in [0.15, 0.2) is 0 Å². The second-order valence-electron chi connectivity index (χ2n) is 7.37. The monoisotopic (exact) mass is 436 g/mol. The molecular formula is C22H23F3N2O4. The van der Waals surface area contributed by atoms with Gasteiger partial charge in [-0.05, 0) is 45.4 Å². The zero-order chi connectivity index (χ0) is 22.9. The molecule has 0 amide bonds. The van der Waals surface area contributed by atoms with E-state index in [0.29, 0.717) is 11.4 Å². The van der Waals surface area contributed by atoms with Crippen LogP contribution in [-0.4, -0.2) is 17.3 Å². The zero-order valence-electron chi connectivity index (χ0n) is 17.5. The minimum absolute atomic E-state index is 0.0269. The summed E-state index contributed by atoms with van der Waals surface area (Å²) in [6, 6.07) is 6.36. The third-order valence-corrected chi connectivity index (χ3v) is 4.99. The molecule has 2 heterocycles. The number of allylic oxidation sites excluding steroid dienone is 2. The van der Waals surface area contributed by atoms with Crippen LogP contribution in [0.25, 0.3) is 0 Å². The average Bonchev–Trinajstić information content (AvgIpc) is 2.68. The maximum absolute atomic E-state index is 13.8. The highest BCUT2D eigenvalue weighted by Crippen LogP contribution is 2.45. The fourth-order valence-electron chi connectivity index (χ4n) is 3.65. The van der Waals surface area contributed by atoms with Crippen LogP contribution in [0.1, 0.15) is 56.3 Å². The number of nitrogens with zero attached hydrogens (tertiary/aromatic N) is 1. The van der Waals surface area contributed by atoms with Crippen LogP contribution in [0.5, 0.6) is 0 Å². The van der Waals surface area contributed by atoms with E-state index in [9.17, 15) is 22.8 Å². The third kappa shape index (κ3) is 4.30. The van der Waals surface area contributed by atoms with Crippen molar-refractivity contribution in [3.05, 3.63) is 75.0 Å². The summed E-state index contributed by atoms with van der Waals surface area (Å²) >= 11 is 0. The number of ether oxygens (including phenoxy) is 2. The zero-order valence-corrected chi connectivity index (χ0v) is 17.5. The number of aromatic nitrogens is 1. The molecule has 6 nitrogen and oxygen atoms in total. The Morgan fingerprint density at radius 1 is 1.23 bits per heavy atom. The number of hydrogen-bond acceptors (Lipinski definition) is 5. The van der Waals surface area contributed by atoms with Crippen LogP contribution < -0.4 is 10.9 Å². The first kappa shape index (κ1) is 22.5. The SMILES string of the molecule is CCOC(=O)OC1=C(C)Nc2ccn(C(C)C)c(=O)c2C1c1ccccc1C(F)(F)F. The highest BCUT2D eigenvalue weighted by Gasteiger charge is 2.41. The van der Waals surface area contributed by atoms with E-state index in [1.165, 1.54) is 22.8 Å². The van der Waals surface area contributed by atoms with E-state index in [2.05, 4.69) is 5.32 Å². The minimum atomic E-state index is -4.67. The summed E-state index contributed by atoms with van der Waals surface area (Å²) in [7, 11) is 0. The van der Waals surface area contributed by atoms with E-state index in [1.807, 2.05) is 0 Å². The van der Waals surface area contributed by atoms with Crippen molar-refractivity contribution in [1.29, 1.82) is 0 Å². The normalized spacial score (nSPS) is 16.1. The summed E-state index contributed by atoms with van der Waals surface area (Å²) in [4.78, 5) is 25.4. The summed E-state index contributed by atoms with van der Waals surface area (Å²) in [5, 5.41) is 2.97. The van der Waals surface area contributed by atoms with Crippen LogP contribution >= 0.6 is 0 Å². The van der Waals surface area contributed by atoms with Crippen molar-refractivity contribution in [3.8, 4) is 0 Å². The van der Waals surface area contributed by atoms with Gasteiger partial charge in [-0.2, -0.15) is 13.2 Å². The standard InChI is InChI=1S/C22H23F3N2O4/c1-5-30-21(29)31-19-13(4)26-16-10-11-27(12(2)3)20(28)18(16)17(19)14-8-6-7-9-15(14)22(23,24)25/h6-12,17,26H,5H2,1-4H3. The molecule has 3 rings (SSSR count). The Morgan fingerprint density at radius 3 is 2.52 bits per heavy atom. The summed E-state index contributed by atoms with van der Waals surface area (Å²) in [5.74, 6) is -1.36. The number of halogens is 3. The van der Waals surface area contributed by atoms with E-state index >= 15 is 0 Å². The Bertz CT molecular complexity index is 1090. The smallest absolute Gasteiger partial charge is 0.434 e. The number of benzene rings is 1. The maximum Gasteiger partial charge on any atom is 0.513 e. The van der Waals surface area contributed by atoms with E-state index in [4.69, 9.17) is 9.47 Å². The Balaban J connectivity index is 2.32. The third-order valence-electron chi connectivity index (χ3n) is 4.99. The van der Waals surface area contributed by atoms with Crippen LogP contribution in [-0.2, 0) is 15.7 Å². The number of nitrogens with one attached hydrogen (secondary N) is 1. The lowest BCUT2D eigenvalue weighted by Crippen LogP contribution is -2.33. The van der Waals surface area contributed by atoms with Gasteiger partial charge >= 0.3 is 12.3 Å².